The van der Waals surface area contributed by atoms with E-state index >= 15 is 0 Å². The SMILES string of the molecule is CC1CN(C)C(Br)=N1. The number of hydrogen-bond donors (Lipinski definition) is 0. The van der Waals surface area contributed by atoms with Gasteiger partial charge in [0.2, 0.25) is 0 Å². The molecule has 46 valence electrons. The maximum absolute atomic E-state index is 4.23. The number of halogens is 1. The van der Waals surface area contributed by atoms with Crippen molar-refractivity contribution in [2.75, 3.05) is 13.6 Å². The zero-order valence-electron chi connectivity index (χ0n) is 5.06. The molecular formula is C5H9BrN2. The molecule has 0 bridgehead atoms. The van der Waals surface area contributed by atoms with Crippen molar-refractivity contribution in [3.8, 4) is 0 Å². The van der Waals surface area contributed by atoms with Gasteiger partial charge in [0.05, 0.1) is 6.04 Å². The van der Waals surface area contributed by atoms with Crippen LogP contribution in [-0.4, -0.2) is 29.3 Å². The summed E-state index contributed by atoms with van der Waals surface area (Å²) in [7, 11) is 2.02. The highest BCUT2D eigenvalue weighted by Crippen LogP contribution is 2.09. The van der Waals surface area contributed by atoms with Crippen molar-refractivity contribution in [3.05, 3.63) is 0 Å². The van der Waals surface area contributed by atoms with Gasteiger partial charge in [0, 0.05) is 13.6 Å². The number of aliphatic imine (C=N–C) groups is 1. The Hall–Kier alpha value is -0.0500. The minimum atomic E-state index is 0.467. The fourth-order valence-corrected chi connectivity index (χ4v) is 1.29. The van der Waals surface area contributed by atoms with Crippen LogP contribution in [-0.2, 0) is 0 Å². The molecule has 1 atom stereocenters. The van der Waals surface area contributed by atoms with Crippen molar-refractivity contribution >= 4 is 20.7 Å². The van der Waals surface area contributed by atoms with Gasteiger partial charge in [0.25, 0.3) is 0 Å². The lowest BCUT2D eigenvalue weighted by Gasteiger charge is -2.07. The molecule has 3 heteroatoms. The van der Waals surface area contributed by atoms with Crippen LogP contribution in [0.15, 0.2) is 4.99 Å². The fourth-order valence-electron chi connectivity index (χ4n) is 0.793. The van der Waals surface area contributed by atoms with Gasteiger partial charge in [-0.15, -0.1) is 0 Å². The van der Waals surface area contributed by atoms with Gasteiger partial charge in [-0.1, -0.05) is 0 Å². The Balaban J connectivity index is 2.59. The van der Waals surface area contributed by atoms with Crippen LogP contribution >= 0.6 is 15.9 Å². The van der Waals surface area contributed by atoms with Crippen molar-refractivity contribution in [1.29, 1.82) is 0 Å². The molecule has 0 aromatic carbocycles. The predicted octanol–water partition coefficient (Wildman–Crippen LogP) is 1.07. The van der Waals surface area contributed by atoms with Crippen molar-refractivity contribution < 1.29 is 0 Å². The van der Waals surface area contributed by atoms with Crippen molar-refractivity contribution in [3.63, 3.8) is 0 Å². The number of rotatable bonds is 0. The Bertz CT molecular complexity index is 122. The molecular weight excluding hydrogens is 168 g/mol. The van der Waals surface area contributed by atoms with E-state index in [1.54, 1.807) is 0 Å². The molecule has 0 saturated carbocycles. The van der Waals surface area contributed by atoms with Gasteiger partial charge >= 0.3 is 0 Å². The second-order valence-electron chi connectivity index (χ2n) is 2.13. The summed E-state index contributed by atoms with van der Waals surface area (Å²) in [6.07, 6.45) is 0. The van der Waals surface area contributed by atoms with E-state index in [2.05, 4.69) is 32.7 Å². The summed E-state index contributed by atoms with van der Waals surface area (Å²) in [6.45, 7) is 3.14. The molecule has 1 heterocycles. The molecule has 0 aliphatic carbocycles. The fraction of sp³-hybridized carbons (Fsp3) is 0.800. The summed E-state index contributed by atoms with van der Waals surface area (Å²) in [5, 5.41) is 0. The Morgan fingerprint density at radius 2 is 2.50 bits per heavy atom. The minimum absolute atomic E-state index is 0.467. The lowest BCUT2D eigenvalue weighted by atomic mass is 10.4. The lowest BCUT2D eigenvalue weighted by molar-refractivity contribution is 0.520. The summed E-state index contributed by atoms with van der Waals surface area (Å²) < 4.78 is 0.977. The monoisotopic (exact) mass is 176 g/mol. The first kappa shape index (κ1) is 6.08. The molecule has 8 heavy (non-hydrogen) atoms. The second kappa shape index (κ2) is 2.05. The van der Waals surface area contributed by atoms with Gasteiger partial charge in [-0.2, -0.15) is 0 Å². The van der Waals surface area contributed by atoms with E-state index in [0.717, 1.165) is 11.3 Å². The maximum atomic E-state index is 4.23. The maximum Gasteiger partial charge on any atom is 0.168 e. The lowest BCUT2D eigenvalue weighted by Crippen LogP contribution is -2.19. The van der Waals surface area contributed by atoms with Gasteiger partial charge in [-0.3, -0.25) is 4.99 Å². The second-order valence-corrected chi connectivity index (χ2v) is 2.84. The standard InChI is InChI=1S/C5H9BrN2/c1-4-3-8(2)5(6)7-4/h4H,3H2,1-2H3. The van der Waals surface area contributed by atoms with Crippen LogP contribution in [0.3, 0.4) is 0 Å². The van der Waals surface area contributed by atoms with E-state index < -0.39 is 0 Å². The molecule has 0 saturated heterocycles. The van der Waals surface area contributed by atoms with Crippen LogP contribution in [0.25, 0.3) is 0 Å². The molecule has 1 aliphatic heterocycles. The highest BCUT2D eigenvalue weighted by molar-refractivity contribution is 9.18. The first-order chi connectivity index (χ1) is 3.70. The van der Waals surface area contributed by atoms with Gasteiger partial charge in [0.1, 0.15) is 0 Å². The molecule has 0 aromatic heterocycles. The Morgan fingerprint density at radius 3 is 2.62 bits per heavy atom. The smallest absolute Gasteiger partial charge is 0.168 e. The third-order valence-corrected chi connectivity index (χ3v) is 1.99. The number of hydrogen-bond acceptors (Lipinski definition) is 2. The van der Waals surface area contributed by atoms with Crippen LogP contribution in [0.5, 0.6) is 0 Å². The average molecular weight is 177 g/mol. The van der Waals surface area contributed by atoms with E-state index in [4.69, 9.17) is 0 Å². The molecule has 0 amide bonds. The van der Waals surface area contributed by atoms with Crippen molar-refractivity contribution in [2.24, 2.45) is 4.99 Å². The van der Waals surface area contributed by atoms with Gasteiger partial charge in [-0.05, 0) is 22.9 Å². The summed E-state index contributed by atoms with van der Waals surface area (Å²) in [4.78, 5) is 6.32. The Labute approximate surface area is 57.7 Å². The topological polar surface area (TPSA) is 15.6 Å². The summed E-state index contributed by atoms with van der Waals surface area (Å²) in [5.41, 5.74) is 0. The van der Waals surface area contributed by atoms with E-state index in [1.165, 1.54) is 0 Å². The normalized spacial score (nSPS) is 28.6. The van der Waals surface area contributed by atoms with Crippen LogP contribution in [0.4, 0.5) is 0 Å². The quantitative estimate of drug-likeness (QED) is 0.505. The minimum Gasteiger partial charge on any atom is -0.352 e. The summed E-state index contributed by atoms with van der Waals surface area (Å²) in [6, 6.07) is 0.467. The van der Waals surface area contributed by atoms with Crippen LogP contribution in [0, 0.1) is 0 Å². The van der Waals surface area contributed by atoms with Gasteiger partial charge in [0.15, 0.2) is 4.74 Å². The Kier molecular flexibility index (Phi) is 1.56. The summed E-state index contributed by atoms with van der Waals surface area (Å²) >= 11 is 3.32. The molecule has 1 aliphatic rings. The summed E-state index contributed by atoms with van der Waals surface area (Å²) in [5.74, 6) is 0. The highest BCUT2D eigenvalue weighted by atomic mass is 79.9. The zero-order chi connectivity index (χ0) is 6.15. The average Bonchev–Trinajstić information content (AvgIpc) is 1.85. The molecule has 0 spiro atoms. The van der Waals surface area contributed by atoms with Crippen LogP contribution in [0.2, 0.25) is 0 Å². The zero-order valence-corrected chi connectivity index (χ0v) is 6.64. The van der Waals surface area contributed by atoms with Crippen LogP contribution in [0.1, 0.15) is 6.92 Å². The van der Waals surface area contributed by atoms with E-state index in [1.807, 2.05) is 7.05 Å². The number of likely N-dealkylation sites (N-methyl/N-ethyl adjacent to an activating group) is 1. The number of amidine groups is 1. The van der Waals surface area contributed by atoms with Crippen molar-refractivity contribution in [1.82, 2.24) is 4.90 Å². The molecule has 0 N–H and O–H groups in total. The molecule has 0 fully saturated rings. The largest absolute Gasteiger partial charge is 0.352 e. The number of nitrogens with zero attached hydrogens (tertiary/aromatic N) is 2. The predicted molar refractivity (Wildman–Crippen MR) is 38.5 cm³/mol. The molecule has 0 radical (unpaired) electrons. The molecule has 1 rings (SSSR count). The molecule has 1 unspecified atom stereocenters. The first-order valence-corrected chi connectivity index (χ1v) is 3.44. The third-order valence-electron chi connectivity index (χ3n) is 1.18. The Morgan fingerprint density at radius 1 is 1.88 bits per heavy atom. The third kappa shape index (κ3) is 1.02. The van der Waals surface area contributed by atoms with Gasteiger partial charge in [-0.25, -0.2) is 0 Å². The molecule has 2 nitrogen and oxygen atoms in total. The van der Waals surface area contributed by atoms with Crippen molar-refractivity contribution in [2.45, 2.75) is 13.0 Å². The van der Waals surface area contributed by atoms with Gasteiger partial charge < -0.3 is 4.90 Å². The van der Waals surface area contributed by atoms with E-state index in [9.17, 15) is 0 Å². The first-order valence-electron chi connectivity index (χ1n) is 2.64. The molecule has 0 aromatic rings. The van der Waals surface area contributed by atoms with Crippen LogP contribution < -0.4 is 0 Å². The highest BCUT2D eigenvalue weighted by Gasteiger charge is 2.14. The van der Waals surface area contributed by atoms with E-state index in [-0.39, 0.29) is 0 Å². The van der Waals surface area contributed by atoms with E-state index in [0.29, 0.717) is 6.04 Å².